The summed E-state index contributed by atoms with van der Waals surface area (Å²) in [5.74, 6) is -0.226. The van der Waals surface area contributed by atoms with E-state index in [1.807, 2.05) is 0 Å². The van der Waals surface area contributed by atoms with Crippen LogP contribution in [0.5, 0.6) is 0 Å². The maximum Gasteiger partial charge on any atom is 0.273 e. The molecule has 0 fully saturated rings. The molecule has 0 saturated carbocycles. The Morgan fingerprint density at radius 3 is 2.26 bits per heavy atom. The van der Waals surface area contributed by atoms with Crippen LogP contribution in [0.1, 0.15) is 21.5 Å². The maximum atomic E-state index is 12.2. The summed E-state index contributed by atoms with van der Waals surface area (Å²) in [7, 11) is 0. The molecule has 0 aliphatic rings. The smallest absolute Gasteiger partial charge is 0.273 e. The van der Waals surface area contributed by atoms with E-state index in [-0.39, 0.29) is 11.5 Å². The third kappa shape index (κ3) is 2.88. The van der Waals surface area contributed by atoms with Crippen LogP contribution >= 0.6 is 15.9 Å². The molecule has 2 aromatic rings. The van der Waals surface area contributed by atoms with Gasteiger partial charge in [0.25, 0.3) is 5.69 Å². The van der Waals surface area contributed by atoms with Crippen LogP contribution < -0.4 is 0 Å². The SMILES string of the molecule is Cc1ccc(C(=O)c2ccc(Br)cc2)cc1[N+](=O)[O-]. The Labute approximate surface area is 118 Å². The lowest BCUT2D eigenvalue weighted by atomic mass is 10.0. The van der Waals surface area contributed by atoms with Gasteiger partial charge >= 0.3 is 0 Å². The monoisotopic (exact) mass is 319 g/mol. The van der Waals surface area contributed by atoms with Crippen LogP contribution in [0.2, 0.25) is 0 Å². The summed E-state index contributed by atoms with van der Waals surface area (Å²) in [6.45, 7) is 1.64. The highest BCUT2D eigenvalue weighted by molar-refractivity contribution is 9.10. The number of nitro benzene ring substituents is 1. The summed E-state index contributed by atoms with van der Waals surface area (Å²) in [6, 6.07) is 11.4. The molecule has 19 heavy (non-hydrogen) atoms. The molecule has 0 heterocycles. The van der Waals surface area contributed by atoms with Gasteiger partial charge in [0, 0.05) is 27.2 Å². The second-order valence-corrected chi connectivity index (χ2v) is 5.01. The number of nitro groups is 1. The normalized spacial score (nSPS) is 10.2. The maximum absolute atomic E-state index is 12.2. The molecular weight excluding hydrogens is 310 g/mol. The van der Waals surface area contributed by atoms with E-state index in [0.29, 0.717) is 16.7 Å². The molecule has 4 nitrogen and oxygen atoms in total. The van der Waals surface area contributed by atoms with Crippen molar-refractivity contribution in [3.05, 3.63) is 73.7 Å². The number of hydrogen-bond donors (Lipinski definition) is 0. The van der Waals surface area contributed by atoms with Crippen LogP contribution in [-0.2, 0) is 0 Å². The van der Waals surface area contributed by atoms with Crippen molar-refractivity contribution in [2.75, 3.05) is 0 Å². The molecule has 0 radical (unpaired) electrons. The topological polar surface area (TPSA) is 60.2 Å². The number of benzene rings is 2. The van der Waals surface area contributed by atoms with Crippen molar-refractivity contribution < 1.29 is 9.72 Å². The molecule has 96 valence electrons. The quantitative estimate of drug-likeness (QED) is 0.489. The molecular formula is C14H10BrNO3. The van der Waals surface area contributed by atoms with Crippen LogP contribution in [0.25, 0.3) is 0 Å². The molecule has 0 aliphatic carbocycles. The lowest BCUT2D eigenvalue weighted by molar-refractivity contribution is -0.385. The third-order valence-electron chi connectivity index (χ3n) is 2.77. The number of aryl methyl sites for hydroxylation is 1. The Balaban J connectivity index is 2.42. The van der Waals surface area contributed by atoms with Gasteiger partial charge in [0.1, 0.15) is 0 Å². The predicted molar refractivity (Wildman–Crippen MR) is 75.4 cm³/mol. The van der Waals surface area contributed by atoms with E-state index in [2.05, 4.69) is 15.9 Å². The van der Waals surface area contributed by atoms with E-state index in [0.717, 1.165) is 4.47 Å². The number of nitrogens with zero attached hydrogens (tertiary/aromatic N) is 1. The number of halogens is 1. The fraction of sp³-hybridized carbons (Fsp3) is 0.0714. The van der Waals surface area contributed by atoms with Crippen molar-refractivity contribution >= 4 is 27.4 Å². The number of hydrogen-bond acceptors (Lipinski definition) is 3. The molecule has 0 aliphatic heterocycles. The molecule has 2 aromatic carbocycles. The molecule has 0 amide bonds. The first-order chi connectivity index (χ1) is 8.99. The molecule has 0 atom stereocenters. The average Bonchev–Trinajstić information content (AvgIpc) is 2.39. The van der Waals surface area contributed by atoms with Gasteiger partial charge in [-0.05, 0) is 31.2 Å². The molecule has 0 aromatic heterocycles. The highest BCUT2D eigenvalue weighted by Crippen LogP contribution is 2.21. The highest BCUT2D eigenvalue weighted by atomic mass is 79.9. The molecule has 0 N–H and O–H groups in total. The van der Waals surface area contributed by atoms with Gasteiger partial charge in [0.2, 0.25) is 0 Å². The van der Waals surface area contributed by atoms with Gasteiger partial charge in [-0.1, -0.05) is 28.1 Å². The van der Waals surface area contributed by atoms with Crippen LogP contribution in [0.3, 0.4) is 0 Å². The van der Waals surface area contributed by atoms with E-state index in [1.54, 1.807) is 43.3 Å². The Hall–Kier alpha value is -2.01. The summed E-state index contributed by atoms with van der Waals surface area (Å²) < 4.78 is 0.874. The van der Waals surface area contributed by atoms with Gasteiger partial charge in [-0.15, -0.1) is 0 Å². The zero-order valence-corrected chi connectivity index (χ0v) is 11.7. The average molecular weight is 320 g/mol. The van der Waals surface area contributed by atoms with Crippen molar-refractivity contribution in [1.29, 1.82) is 0 Å². The Kier molecular flexibility index (Phi) is 3.76. The molecule has 2 rings (SSSR count). The summed E-state index contributed by atoms with van der Waals surface area (Å²) in [5.41, 5.74) is 1.32. The minimum Gasteiger partial charge on any atom is -0.289 e. The molecule has 5 heteroatoms. The van der Waals surface area contributed by atoms with Crippen LogP contribution in [0.4, 0.5) is 5.69 Å². The third-order valence-corrected chi connectivity index (χ3v) is 3.30. The summed E-state index contributed by atoms with van der Waals surface area (Å²) in [5, 5.41) is 10.9. The van der Waals surface area contributed by atoms with Crippen LogP contribution in [0, 0.1) is 17.0 Å². The summed E-state index contributed by atoms with van der Waals surface area (Å²) in [4.78, 5) is 22.6. The van der Waals surface area contributed by atoms with Gasteiger partial charge in [-0.25, -0.2) is 0 Å². The largest absolute Gasteiger partial charge is 0.289 e. The fourth-order valence-corrected chi connectivity index (χ4v) is 1.98. The molecule has 0 bridgehead atoms. The standard InChI is InChI=1S/C14H10BrNO3/c1-9-2-3-11(8-13(9)16(18)19)14(17)10-4-6-12(15)7-5-10/h2-8H,1H3. The lowest BCUT2D eigenvalue weighted by Crippen LogP contribution is -2.03. The van der Waals surface area contributed by atoms with Crippen LogP contribution in [-0.4, -0.2) is 10.7 Å². The Bertz CT molecular complexity index is 650. The van der Waals surface area contributed by atoms with Crippen molar-refractivity contribution in [3.8, 4) is 0 Å². The highest BCUT2D eigenvalue weighted by Gasteiger charge is 2.16. The van der Waals surface area contributed by atoms with E-state index in [1.165, 1.54) is 6.07 Å². The number of carbonyl (C=O) groups is 1. The van der Waals surface area contributed by atoms with E-state index >= 15 is 0 Å². The van der Waals surface area contributed by atoms with Gasteiger partial charge in [0.05, 0.1) is 4.92 Å². The number of carbonyl (C=O) groups excluding carboxylic acids is 1. The number of rotatable bonds is 3. The lowest BCUT2D eigenvalue weighted by Gasteiger charge is -2.03. The first kappa shape index (κ1) is 13.4. The fourth-order valence-electron chi connectivity index (χ4n) is 1.72. The van der Waals surface area contributed by atoms with E-state index in [9.17, 15) is 14.9 Å². The van der Waals surface area contributed by atoms with Crippen molar-refractivity contribution in [3.63, 3.8) is 0 Å². The Morgan fingerprint density at radius 1 is 1.11 bits per heavy atom. The van der Waals surface area contributed by atoms with Crippen molar-refractivity contribution in [2.45, 2.75) is 6.92 Å². The van der Waals surface area contributed by atoms with E-state index in [4.69, 9.17) is 0 Å². The summed E-state index contributed by atoms with van der Waals surface area (Å²) in [6.07, 6.45) is 0. The zero-order chi connectivity index (χ0) is 14.0. The van der Waals surface area contributed by atoms with Crippen molar-refractivity contribution in [2.24, 2.45) is 0 Å². The first-order valence-corrected chi connectivity index (χ1v) is 6.33. The molecule has 0 spiro atoms. The van der Waals surface area contributed by atoms with Crippen LogP contribution in [0.15, 0.2) is 46.9 Å². The van der Waals surface area contributed by atoms with Crippen molar-refractivity contribution in [1.82, 2.24) is 0 Å². The zero-order valence-electron chi connectivity index (χ0n) is 10.1. The second kappa shape index (κ2) is 5.32. The minimum atomic E-state index is -0.478. The Morgan fingerprint density at radius 2 is 1.68 bits per heavy atom. The number of ketones is 1. The second-order valence-electron chi connectivity index (χ2n) is 4.09. The van der Waals surface area contributed by atoms with Gasteiger partial charge in [0.15, 0.2) is 5.78 Å². The van der Waals surface area contributed by atoms with E-state index < -0.39 is 4.92 Å². The first-order valence-electron chi connectivity index (χ1n) is 5.54. The van der Waals surface area contributed by atoms with Gasteiger partial charge in [-0.3, -0.25) is 14.9 Å². The summed E-state index contributed by atoms with van der Waals surface area (Å²) >= 11 is 3.29. The minimum absolute atomic E-state index is 0.0389. The molecule has 0 unspecified atom stereocenters. The molecule has 0 saturated heterocycles. The predicted octanol–water partition coefficient (Wildman–Crippen LogP) is 3.90. The van der Waals surface area contributed by atoms with Gasteiger partial charge < -0.3 is 0 Å². The van der Waals surface area contributed by atoms with Gasteiger partial charge in [-0.2, -0.15) is 0 Å².